The Morgan fingerprint density at radius 1 is 0.950 bits per heavy atom. The lowest BCUT2D eigenvalue weighted by Crippen LogP contribution is -2.41. The van der Waals surface area contributed by atoms with Gasteiger partial charge in [0.1, 0.15) is 5.84 Å². The van der Waals surface area contributed by atoms with Crippen LogP contribution in [-0.4, -0.2) is 24.6 Å². The maximum absolute atomic E-state index is 8.07. The van der Waals surface area contributed by atoms with E-state index >= 15 is 0 Å². The van der Waals surface area contributed by atoms with Crippen LogP contribution in [0.3, 0.4) is 0 Å². The standard InChI is InChI=1S/C17H17N3/c18-17-12-19-15(11-14-7-3-1-4-8-14)13-20(17)16-9-5-2-6-10-16/h1-10,18H,11-13H2. The molecule has 0 aromatic heterocycles. The van der Waals surface area contributed by atoms with Crippen LogP contribution in [0.15, 0.2) is 65.7 Å². The summed E-state index contributed by atoms with van der Waals surface area (Å²) >= 11 is 0. The van der Waals surface area contributed by atoms with E-state index in [9.17, 15) is 0 Å². The second-order valence-electron chi connectivity index (χ2n) is 4.91. The van der Waals surface area contributed by atoms with E-state index < -0.39 is 0 Å². The molecule has 20 heavy (non-hydrogen) atoms. The number of anilines is 1. The van der Waals surface area contributed by atoms with Crippen LogP contribution < -0.4 is 4.90 Å². The van der Waals surface area contributed by atoms with E-state index in [1.807, 2.05) is 41.3 Å². The van der Waals surface area contributed by atoms with Crippen LogP contribution in [0.5, 0.6) is 0 Å². The van der Waals surface area contributed by atoms with Gasteiger partial charge in [0.15, 0.2) is 0 Å². The maximum atomic E-state index is 8.07. The summed E-state index contributed by atoms with van der Waals surface area (Å²) in [6, 6.07) is 20.5. The van der Waals surface area contributed by atoms with Gasteiger partial charge < -0.3 is 4.90 Å². The maximum Gasteiger partial charge on any atom is 0.123 e. The predicted octanol–water partition coefficient (Wildman–Crippen LogP) is 3.17. The molecule has 1 aliphatic rings. The van der Waals surface area contributed by atoms with Gasteiger partial charge in [0.25, 0.3) is 0 Å². The van der Waals surface area contributed by atoms with Crippen LogP contribution >= 0.6 is 0 Å². The quantitative estimate of drug-likeness (QED) is 0.907. The van der Waals surface area contributed by atoms with Gasteiger partial charge in [0.2, 0.25) is 0 Å². The predicted molar refractivity (Wildman–Crippen MR) is 84.0 cm³/mol. The van der Waals surface area contributed by atoms with Crippen LogP contribution in [-0.2, 0) is 6.42 Å². The summed E-state index contributed by atoms with van der Waals surface area (Å²) in [4.78, 5) is 6.56. The average Bonchev–Trinajstić information content (AvgIpc) is 2.51. The van der Waals surface area contributed by atoms with Crippen molar-refractivity contribution in [3.8, 4) is 0 Å². The van der Waals surface area contributed by atoms with Gasteiger partial charge in [-0.05, 0) is 17.7 Å². The molecule has 0 atom stereocenters. The molecule has 100 valence electrons. The molecule has 0 saturated carbocycles. The molecule has 2 aromatic rings. The third-order valence-corrected chi connectivity index (χ3v) is 3.44. The summed E-state index contributed by atoms with van der Waals surface area (Å²) < 4.78 is 0. The van der Waals surface area contributed by atoms with Crippen molar-refractivity contribution in [2.45, 2.75) is 6.42 Å². The van der Waals surface area contributed by atoms with Crippen LogP contribution in [0.4, 0.5) is 5.69 Å². The molecule has 0 fully saturated rings. The van der Waals surface area contributed by atoms with Crippen molar-refractivity contribution in [3.63, 3.8) is 0 Å². The minimum atomic E-state index is 0.469. The Labute approximate surface area is 119 Å². The highest BCUT2D eigenvalue weighted by molar-refractivity contribution is 6.07. The van der Waals surface area contributed by atoms with Crippen molar-refractivity contribution in [2.24, 2.45) is 4.99 Å². The summed E-state index contributed by atoms with van der Waals surface area (Å²) in [6.07, 6.45) is 0.859. The SMILES string of the molecule is N=C1CN=C(Cc2ccccc2)CN1c1ccccc1. The highest BCUT2D eigenvalue weighted by atomic mass is 15.2. The lowest BCUT2D eigenvalue weighted by atomic mass is 10.1. The number of aliphatic imine (C=N–C) groups is 1. The zero-order valence-corrected chi connectivity index (χ0v) is 11.3. The van der Waals surface area contributed by atoms with Gasteiger partial charge in [-0.15, -0.1) is 0 Å². The minimum Gasteiger partial charge on any atom is -0.323 e. The highest BCUT2D eigenvalue weighted by Gasteiger charge is 2.19. The number of para-hydroxylation sites is 1. The number of amidine groups is 1. The van der Waals surface area contributed by atoms with E-state index in [1.165, 1.54) is 5.56 Å². The van der Waals surface area contributed by atoms with Crippen molar-refractivity contribution in [1.82, 2.24) is 0 Å². The average molecular weight is 263 g/mol. The third kappa shape index (κ3) is 2.77. The van der Waals surface area contributed by atoms with Gasteiger partial charge in [0, 0.05) is 17.8 Å². The molecule has 0 bridgehead atoms. The molecule has 3 nitrogen and oxygen atoms in total. The topological polar surface area (TPSA) is 39.5 Å². The first-order valence-corrected chi connectivity index (χ1v) is 6.79. The lowest BCUT2D eigenvalue weighted by Gasteiger charge is -2.29. The summed E-state index contributed by atoms with van der Waals surface area (Å²) in [5, 5.41) is 8.07. The number of hydrogen-bond donors (Lipinski definition) is 1. The fourth-order valence-corrected chi connectivity index (χ4v) is 2.40. The second-order valence-corrected chi connectivity index (χ2v) is 4.91. The van der Waals surface area contributed by atoms with Gasteiger partial charge in [-0.25, -0.2) is 0 Å². The van der Waals surface area contributed by atoms with Crippen molar-refractivity contribution >= 4 is 17.2 Å². The Hall–Kier alpha value is -2.42. The molecule has 0 radical (unpaired) electrons. The molecule has 1 aliphatic heterocycles. The van der Waals surface area contributed by atoms with Crippen LogP contribution in [0.1, 0.15) is 5.56 Å². The number of benzene rings is 2. The van der Waals surface area contributed by atoms with Crippen molar-refractivity contribution in [1.29, 1.82) is 5.41 Å². The Bertz CT molecular complexity index is 617. The van der Waals surface area contributed by atoms with Crippen LogP contribution in [0.2, 0.25) is 0 Å². The molecule has 0 amide bonds. The second kappa shape index (κ2) is 5.70. The highest BCUT2D eigenvalue weighted by Crippen LogP contribution is 2.17. The molecule has 3 rings (SSSR count). The number of nitrogens with one attached hydrogen (secondary N) is 1. The van der Waals surface area contributed by atoms with Crippen molar-refractivity contribution in [2.75, 3.05) is 18.0 Å². The summed E-state index contributed by atoms with van der Waals surface area (Å²) in [7, 11) is 0. The first-order valence-electron chi connectivity index (χ1n) is 6.79. The molecule has 2 aromatic carbocycles. The largest absolute Gasteiger partial charge is 0.323 e. The first-order chi connectivity index (χ1) is 9.83. The van der Waals surface area contributed by atoms with E-state index in [-0.39, 0.29) is 0 Å². The zero-order chi connectivity index (χ0) is 13.8. The molecule has 3 heteroatoms. The van der Waals surface area contributed by atoms with Crippen LogP contribution in [0.25, 0.3) is 0 Å². The third-order valence-electron chi connectivity index (χ3n) is 3.44. The zero-order valence-electron chi connectivity index (χ0n) is 11.3. The van der Waals surface area contributed by atoms with Crippen LogP contribution in [0, 0.1) is 5.41 Å². The molecule has 0 spiro atoms. The van der Waals surface area contributed by atoms with Gasteiger partial charge in [-0.3, -0.25) is 10.4 Å². The summed E-state index contributed by atoms with van der Waals surface area (Å²) in [5.74, 6) is 0.563. The first kappa shape index (κ1) is 12.6. The number of nitrogens with zero attached hydrogens (tertiary/aromatic N) is 2. The molecule has 1 N–H and O–H groups in total. The van der Waals surface area contributed by atoms with Crippen molar-refractivity contribution < 1.29 is 0 Å². The van der Waals surface area contributed by atoms with Gasteiger partial charge in [-0.1, -0.05) is 48.5 Å². The Morgan fingerprint density at radius 3 is 2.30 bits per heavy atom. The van der Waals surface area contributed by atoms with E-state index in [4.69, 9.17) is 5.41 Å². The fourth-order valence-electron chi connectivity index (χ4n) is 2.40. The monoisotopic (exact) mass is 263 g/mol. The molecule has 0 unspecified atom stereocenters. The van der Waals surface area contributed by atoms with Gasteiger partial charge in [-0.2, -0.15) is 0 Å². The normalized spacial score (nSPS) is 15.1. The molecular weight excluding hydrogens is 246 g/mol. The van der Waals surface area contributed by atoms with E-state index in [0.29, 0.717) is 18.9 Å². The number of rotatable bonds is 3. The molecule has 0 saturated heterocycles. The smallest absolute Gasteiger partial charge is 0.123 e. The number of hydrogen-bond acceptors (Lipinski definition) is 2. The fraction of sp³-hybridized carbons (Fsp3) is 0.176. The van der Waals surface area contributed by atoms with Crippen molar-refractivity contribution in [3.05, 3.63) is 66.2 Å². The molecule has 0 aliphatic carbocycles. The summed E-state index contributed by atoms with van der Waals surface area (Å²) in [5.41, 5.74) is 3.47. The Kier molecular flexibility index (Phi) is 3.59. The van der Waals surface area contributed by atoms with E-state index in [2.05, 4.69) is 29.3 Å². The minimum absolute atomic E-state index is 0.469. The van der Waals surface area contributed by atoms with E-state index in [0.717, 1.165) is 17.8 Å². The molecular formula is C17H17N3. The Balaban J connectivity index is 1.77. The Morgan fingerprint density at radius 2 is 1.60 bits per heavy atom. The van der Waals surface area contributed by atoms with E-state index in [1.54, 1.807) is 0 Å². The van der Waals surface area contributed by atoms with Gasteiger partial charge >= 0.3 is 0 Å². The van der Waals surface area contributed by atoms with Gasteiger partial charge in [0.05, 0.1) is 13.1 Å². The molecule has 1 heterocycles. The summed E-state index contributed by atoms with van der Waals surface area (Å²) in [6.45, 7) is 1.18. The lowest BCUT2D eigenvalue weighted by molar-refractivity contribution is 1.02.